The molecule has 1 aromatic carbocycles. The summed E-state index contributed by atoms with van der Waals surface area (Å²) in [5, 5.41) is 3.33. The van der Waals surface area contributed by atoms with Crippen LogP contribution >= 0.6 is 24.0 Å². The average Bonchev–Trinajstić information content (AvgIpc) is 3.15. The lowest BCUT2D eigenvalue weighted by Crippen LogP contribution is -2.41. The molecule has 1 N–H and O–H groups in total. The monoisotopic (exact) mass is 473 g/mol. The van der Waals surface area contributed by atoms with Crippen molar-refractivity contribution in [3.05, 3.63) is 54.5 Å². The van der Waals surface area contributed by atoms with E-state index in [1.165, 1.54) is 0 Å². The standard InChI is InChI=1S/C19H27N3O3.HI/c1-20-19(21-11-7-13-23-16-18-10-6-14-24-18)22(2)12-15-25-17-8-4-3-5-9-17;/h3-6,8-10,14H,7,11-13,15-16H2,1-2H3,(H,20,21);1H. The topological polar surface area (TPSA) is 59.2 Å². The van der Waals surface area contributed by atoms with E-state index >= 15 is 0 Å². The fraction of sp³-hybridized carbons (Fsp3) is 0.421. The number of rotatable bonds is 10. The summed E-state index contributed by atoms with van der Waals surface area (Å²) in [4.78, 5) is 6.34. The molecule has 6 nitrogen and oxygen atoms in total. The molecule has 0 amide bonds. The average molecular weight is 473 g/mol. The van der Waals surface area contributed by atoms with Crippen molar-refractivity contribution < 1.29 is 13.9 Å². The van der Waals surface area contributed by atoms with Crippen molar-refractivity contribution >= 4 is 29.9 Å². The Morgan fingerprint density at radius 1 is 1.15 bits per heavy atom. The van der Waals surface area contributed by atoms with Gasteiger partial charge in [0.2, 0.25) is 0 Å². The van der Waals surface area contributed by atoms with Crippen molar-refractivity contribution in [2.24, 2.45) is 4.99 Å². The van der Waals surface area contributed by atoms with E-state index in [-0.39, 0.29) is 24.0 Å². The van der Waals surface area contributed by atoms with Crippen molar-refractivity contribution in [1.29, 1.82) is 0 Å². The molecule has 0 aliphatic carbocycles. The van der Waals surface area contributed by atoms with Crippen LogP contribution in [0.4, 0.5) is 0 Å². The zero-order chi connectivity index (χ0) is 17.7. The van der Waals surface area contributed by atoms with Gasteiger partial charge in [-0.25, -0.2) is 0 Å². The fourth-order valence-electron chi connectivity index (χ4n) is 2.25. The number of likely N-dealkylation sites (N-methyl/N-ethyl adjacent to an activating group) is 1. The van der Waals surface area contributed by atoms with Crippen molar-refractivity contribution in [2.75, 3.05) is 40.4 Å². The minimum Gasteiger partial charge on any atom is -0.492 e. The Bertz CT molecular complexity index is 606. The lowest BCUT2D eigenvalue weighted by atomic mass is 10.3. The molecule has 26 heavy (non-hydrogen) atoms. The second-order valence-electron chi connectivity index (χ2n) is 5.54. The molecule has 0 unspecified atom stereocenters. The van der Waals surface area contributed by atoms with Crippen LogP contribution in [0.3, 0.4) is 0 Å². The number of nitrogens with zero attached hydrogens (tertiary/aromatic N) is 2. The third kappa shape index (κ3) is 8.57. The molecule has 0 spiro atoms. The molecule has 0 bridgehead atoms. The number of halogens is 1. The van der Waals surface area contributed by atoms with Gasteiger partial charge in [0, 0.05) is 27.2 Å². The molecule has 2 rings (SSSR count). The van der Waals surface area contributed by atoms with Crippen LogP contribution in [-0.4, -0.2) is 51.3 Å². The Balaban J connectivity index is 0.00000338. The zero-order valence-electron chi connectivity index (χ0n) is 15.4. The maximum atomic E-state index is 5.71. The van der Waals surface area contributed by atoms with E-state index in [1.807, 2.05) is 54.4 Å². The van der Waals surface area contributed by atoms with Gasteiger partial charge in [-0.05, 0) is 30.7 Å². The molecule has 0 aliphatic heterocycles. The number of benzene rings is 1. The summed E-state index contributed by atoms with van der Waals surface area (Å²) >= 11 is 0. The first kappa shape index (κ1) is 22.3. The molecule has 1 heterocycles. The van der Waals surface area contributed by atoms with Crippen LogP contribution in [-0.2, 0) is 11.3 Å². The lowest BCUT2D eigenvalue weighted by Gasteiger charge is -2.22. The quantitative estimate of drug-likeness (QED) is 0.248. The van der Waals surface area contributed by atoms with Crippen LogP contribution in [0.5, 0.6) is 5.75 Å². The van der Waals surface area contributed by atoms with Gasteiger partial charge in [0.15, 0.2) is 5.96 Å². The van der Waals surface area contributed by atoms with Crippen LogP contribution in [0, 0.1) is 0 Å². The van der Waals surface area contributed by atoms with Crippen molar-refractivity contribution in [1.82, 2.24) is 10.2 Å². The molecule has 144 valence electrons. The van der Waals surface area contributed by atoms with Gasteiger partial charge in [-0.3, -0.25) is 4.99 Å². The van der Waals surface area contributed by atoms with Gasteiger partial charge >= 0.3 is 0 Å². The van der Waals surface area contributed by atoms with Gasteiger partial charge in [0.1, 0.15) is 24.7 Å². The molecule has 0 radical (unpaired) electrons. The van der Waals surface area contributed by atoms with Crippen LogP contribution in [0.25, 0.3) is 0 Å². The summed E-state index contributed by atoms with van der Waals surface area (Å²) in [5.74, 6) is 2.58. The minimum atomic E-state index is 0. The number of ether oxygens (including phenoxy) is 2. The van der Waals surface area contributed by atoms with E-state index in [9.17, 15) is 0 Å². The smallest absolute Gasteiger partial charge is 0.193 e. The van der Waals surface area contributed by atoms with Crippen LogP contribution in [0.2, 0.25) is 0 Å². The predicted octanol–water partition coefficient (Wildman–Crippen LogP) is 3.39. The molecule has 0 fully saturated rings. The highest BCUT2D eigenvalue weighted by molar-refractivity contribution is 14.0. The number of hydrogen-bond donors (Lipinski definition) is 1. The highest BCUT2D eigenvalue weighted by Crippen LogP contribution is 2.07. The molecule has 1 aromatic heterocycles. The number of furan rings is 1. The highest BCUT2D eigenvalue weighted by atomic mass is 127. The van der Waals surface area contributed by atoms with E-state index in [0.717, 1.165) is 37.0 Å². The molecule has 0 aliphatic rings. The molecule has 2 aromatic rings. The molecule has 0 atom stereocenters. The Kier molecular flexibility index (Phi) is 11.5. The first-order valence-electron chi connectivity index (χ1n) is 8.49. The number of aliphatic imine (C=N–C) groups is 1. The van der Waals surface area contributed by atoms with Gasteiger partial charge in [0.25, 0.3) is 0 Å². The summed E-state index contributed by atoms with van der Waals surface area (Å²) in [7, 11) is 3.78. The van der Waals surface area contributed by atoms with Crippen molar-refractivity contribution in [3.63, 3.8) is 0 Å². The SMILES string of the molecule is CN=C(NCCCOCc1ccco1)N(C)CCOc1ccccc1.I. The van der Waals surface area contributed by atoms with E-state index in [0.29, 0.717) is 19.8 Å². The number of nitrogens with one attached hydrogen (secondary N) is 1. The highest BCUT2D eigenvalue weighted by Gasteiger charge is 2.05. The fourth-order valence-corrected chi connectivity index (χ4v) is 2.25. The number of para-hydroxylation sites is 1. The third-order valence-electron chi connectivity index (χ3n) is 3.58. The molecular weight excluding hydrogens is 445 g/mol. The first-order valence-corrected chi connectivity index (χ1v) is 8.49. The molecular formula is C19H28IN3O3. The Labute approximate surface area is 172 Å². The van der Waals surface area contributed by atoms with E-state index in [4.69, 9.17) is 13.9 Å². The second kappa shape index (κ2) is 13.5. The van der Waals surface area contributed by atoms with E-state index < -0.39 is 0 Å². The molecule has 7 heteroatoms. The normalized spacial score (nSPS) is 10.9. The van der Waals surface area contributed by atoms with Crippen LogP contribution in [0.1, 0.15) is 12.2 Å². The maximum absolute atomic E-state index is 5.71. The predicted molar refractivity (Wildman–Crippen MR) is 114 cm³/mol. The second-order valence-corrected chi connectivity index (χ2v) is 5.54. The Morgan fingerprint density at radius 3 is 2.65 bits per heavy atom. The zero-order valence-corrected chi connectivity index (χ0v) is 17.7. The molecule has 0 saturated heterocycles. The Morgan fingerprint density at radius 2 is 1.96 bits per heavy atom. The Hall–Kier alpha value is -1.74. The summed E-state index contributed by atoms with van der Waals surface area (Å²) in [6.07, 6.45) is 2.55. The maximum Gasteiger partial charge on any atom is 0.193 e. The van der Waals surface area contributed by atoms with Gasteiger partial charge in [0.05, 0.1) is 12.8 Å². The molecule has 0 saturated carbocycles. The van der Waals surface area contributed by atoms with E-state index in [2.05, 4.69) is 10.3 Å². The first-order chi connectivity index (χ1) is 12.3. The summed E-state index contributed by atoms with van der Waals surface area (Å²) in [6.45, 7) is 3.34. The summed E-state index contributed by atoms with van der Waals surface area (Å²) < 4.78 is 16.5. The van der Waals surface area contributed by atoms with Gasteiger partial charge in [-0.2, -0.15) is 0 Å². The van der Waals surface area contributed by atoms with Crippen molar-refractivity contribution in [2.45, 2.75) is 13.0 Å². The van der Waals surface area contributed by atoms with Crippen molar-refractivity contribution in [3.8, 4) is 5.75 Å². The van der Waals surface area contributed by atoms with Crippen LogP contribution < -0.4 is 10.1 Å². The van der Waals surface area contributed by atoms with E-state index in [1.54, 1.807) is 13.3 Å². The number of guanidine groups is 1. The summed E-state index contributed by atoms with van der Waals surface area (Å²) in [5.41, 5.74) is 0. The largest absolute Gasteiger partial charge is 0.492 e. The van der Waals surface area contributed by atoms with Gasteiger partial charge < -0.3 is 24.1 Å². The lowest BCUT2D eigenvalue weighted by molar-refractivity contribution is 0.104. The van der Waals surface area contributed by atoms with Crippen LogP contribution in [0.15, 0.2) is 58.1 Å². The third-order valence-corrected chi connectivity index (χ3v) is 3.58. The van der Waals surface area contributed by atoms with Gasteiger partial charge in [-0.1, -0.05) is 18.2 Å². The summed E-state index contributed by atoms with van der Waals surface area (Å²) in [6, 6.07) is 13.6. The number of hydrogen-bond acceptors (Lipinski definition) is 4. The minimum absolute atomic E-state index is 0. The van der Waals surface area contributed by atoms with Gasteiger partial charge in [-0.15, -0.1) is 24.0 Å².